The Hall–Kier alpha value is -2.22. The molecule has 7 nitrogen and oxygen atoms in total. The van der Waals surface area contributed by atoms with Gasteiger partial charge in [0.05, 0.1) is 15.5 Å². The number of hydrogen-bond acceptors (Lipinski definition) is 6. The first-order chi connectivity index (χ1) is 9.45. The summed E-state index contributed by atoms with van der Waals surface area (Å²) in [5.41, 5.74) is 6.30. The van der Waals surface area contributed by atoms with E-state index in [0.29, 0.717) is 21.9 Å². The standard InChI is InChI=1S/C12H11BrN4O3/c1-7-4-11(14)16-12(15-7)6-20-10-5-8(17(18)19)2-3-9(10)13/h2-5H,6H2,1H3,(H2,14,15,16). The van der Waals surface area contributed by atoms with E-state index in [4.69, 9.17) is 10.5 Å². The monoisotopic (exact) mass is 338 g/mol. The van der Waals surface area contributed by atoms with Crippen molar-refractivity contribution in [3.63, 3.8) is 0 Å². The topological polar surface area (TPSA) is 104 Å². The van der Waals surface area contributed by atoms with Gasteiger partial charge < -0.3 is 10.5 Å². The fourth-order valence-corrected chi connectivity index (χ4v) is 1.94. The second-order valence-corrected chi connectivity index (χ2v) is 4.87. The van der Waals surface area contributed by atoms with Crippen LogP contribution >= 0.6 is 15.9 Å². The van der Waals surface area contributed by atoms with E-state index in [1.807, 2.05) is 0 Å². The van der Waals surface area contributed by atoms with Crippen molar-refractivity contribution in [2.45, 2.75) is 13.5 Å². The first kappa shape index (κ1) is 14.2. The van der Waals surface area contributed by atoms with E-state index < -0.39 is 4.92 Å². The van der Waals surface area contributed by atoms with E-state index in [-0.39, 0.29) is 12.3 Å². The number of hydrogen-bond donors (Lipinski definition) is 1. The molecule has 1 aromatic carbocycles. The number of nitro benzene ring substituents is 1. The second-order valence-electron chi connectivity index (χ2n) is 4.01. The van der Waals surface area contributed by atoms with Crippen molar-refractivity contribution >= 4 is 27.4 Å². The fraction of sp³-hybridized carbons (Fsp3) is 0.167. The van der Waals surface area contributed by atoms with Gasteiger partial charge in [0.2, 0.25) is 0 Å². The number of nitrogens with two attached hydrogens (primary N) is 1. The number of non-ortho nitro benzene ring substituents is 1. The Balaban J connectivity index is 2.18. The van der Waals surface area contributed by atoms with Crippen LogP contribution in [0.1, 0.15) is 11.5 Å². The Morgan fingerprint density at radius 2 is 2.15 bits per heavy atom. The van der Waals surface area contributed by atoms with E-state index in [0.717, 1.165) is 5.69 Å². The molecular formula is C12H11BrN4O3. The van der Waals surface area contributed by atoms with Gasteiger partial charge in [-0.15, -0.1) is 0 Å². The molecule has 0 radical (unpaired) electrons. The van der Waals surface area contributed by atoms with Gasteiger partial charge in [-0.3, -0.25) is 10.1 Å². The highest BCUT2D eigenvalue weighted by Gasteiger charge is 2.11. The molecule has 0 saturated carbocycles. The summed E-state index contributed by atoms with van der Waals surface area (Å²) >= 11 is 3.27. The predicted octanol–water partition coefficient (Wildman–Crippen LogP) is 2.62. The molecule has 0 unspecified atom stereocenters. The molecule has 0 spiro atoms. The van der Waals surface area contributed by atoms with Crippen LogP contribution in [-0.2, 0) is 6.61 Å². The fourth-order valence-electron chi connectivity index (χ4n) is 1.58. The molecule has 0 saturated heterocycles. The number of aromatic nitrogens is 2. The minimum atomic E-state index is -0.486. The molecule has 0 atom stereocenters. The highest BCUT2D eigenvalue weighted by molar-refractivity contribution is 9.10. The Morgan fingerprint density at radius 1 is 1.40 bits per heavy atom. The Bertz CT molecular complexity index is 643. The molecule has 20 heavy (non-hydrogen) atoms. The van der Waals surface area contributed by atoms with Gasteiger partial charge in [0, 0.05) is 17.8 Å². The van der Waals surface area contributed by atoms with Gasteiger partial charge in [0.25, 0.3) is 5.69 Å². The van der Waals surface area contributed by atoms with Gasteiger partial charge >= 0.3 is 0 Å². The molecule has 0 fully saturated rings. The number of nitrogens with zero attached hydrogens (tertiary/aromatic N) is 3. The predicted molar refractivity (Wildman–Crippen MR) is 76.3 cm³/mol. The molecule has 2 N–H and O–H groups in total. The lowest BCUT2D eigenvalue weighted by atomic mass is 10.3. The number of nitrogen functional groups attached to an aromatic ring is 1. The van der Waals surface area contributed by atoms with E-state index in [2.05, 4.69) is 25.9 Å². The maximum absolute atomic E-state index is 10.7. The lowest BCUT2D eigenvalue weighted by Gasteiger charge is -2.08. The zero-order valence-corrected chi connectivity index (χ0v) is 12.1. The average Bonchev–Trinajstić information content (AvgIpc) is 2.36. The van der Waals surface area contributed by atoms with Crippen LogP contribution in [0, 0.1) is 17.0 Å². The van der Waals surface area contributed by atoms with Crippen LogP contribution in [0.5, 0.6) is 5.75 Å². The summed E-state index contributed by atoms with van der Waals surface area (Å²) in [6.07, 6.45) is 0. The molecule has 2 rings (SSSR count). The number of benzene rings is 1. The van der Waals surface area contributed by atoms with Gasteiger partial charge in [-0.1, -0.05) is 0 Å². The van der Waals surface area contributed by atoms with Gasteiger partial charge in [-0.25, -0.2) is 9.97 Å². The summed E-state index contributed by atoms with van der Waals surface area (Å²) in [7, 11) is 0. The summed E-state index contributed by atoms with van der Waals surface area (Å²) in [5.74, 6) is 1.12. The molecule has 0 aliphatic carbocycles. The largest absolute Gasteiger partial charge is 0.484 e. The SMILES string of the molecule is Cc1cc(N)nc(COc2cc([N+](=O)[O-])ccc2Br)n1. The number of nitro groups is 1. The number of ether oxygens (including phenoxy) is 1. The molecule has 8 heteroatoms. The van der Waals surface area contributed by atoms with Crippen molar-refractivity contribution in [3.8, 4) is 5.75 Å². The van der Waals surface area contributed by atoms with Crippen molar-refractivity contribution in [1.29, 1.82) is 0 Å². The number of aryl methyl sites for hydroxylation is 1. The summed E-state index contributed by atoms with van der Waals surface area (Å²) in [6.45, 7) is 1.87. The van der Waals surface area contributed by atoms with Crippen LogP contribution in [0.3, 0.4) is 0 Å². The highest BCUT2D eigenvalue weighted by atomic mass is 79.9. The van der Waals surface area contributed by atoms with Crippen molar-refractivity contribution in [3.05, 3.63) is 50.4 Å². The summed E-state index contributed by atoms with van der Waals surface area (Å²) in [5, 5.41) is 10.7. The van der Waals surface area contributed by atoms with Crippen LogP contribution < -0.4 is 10.5 Å². The molecule has 0 aliphatic heterocycles. The van der Waals surface area contributed by atoms with Crippen molar-refractivity contribution in [1.82, 2.24) is 9.97 Å². The zero-order chi connectivity index (χ0) is 14.7. The minimum absolute atomic E-state index is 0.0483. The van der Waals surface area contributed by atoms with Crippen molar-refractivity contribution in [2.24, 2.45) is 0 Å². The molecular weight excluding hydrogens is 328 g/mol. The Labute approximate surface area is 123 Å². The second kappa shape index (κ2) is 5.83. The molecule has 0 aliphatic rings. The van der Waals surface area contributed by atoms with Crippen LogP contribution in [0.4, 0.5) is 11.5 Å². The molecule has 0 amide bonds. The van der Waals surface area contributed by atoms with Gasteiger partial charge in [-0.05, 0) is 28.9 Å². The van der Waals surface area contributed by atoms with Crippen molar-refractivity contribution in [2.75, 3.05) is 5.73 Å². The highest BCUT2D eigenvalue weighted by Crippen LogP contribution is 2.29. The van der Waals surface area contributed by atoms with Crippen LogP contribution in [0.15, 0.2) is 28.7 Å². The maximum Gasteiger partial charge on any atom is 0.273 e. The van der Waals surface area contributed by atoms with E-state index in [9.17, 15) is 10.1 Å². The van der Waals surface area contributed by atoms with Gasteiger partial charge in [-0.2, -0.15) is 0 Å². The number of anilines is 1. The molecule has 1 aromatic heterocycles. The van der Waals surface area contributed by atoms with Gasteiger partial charge in [0.15, 0.2) is 5.82 Å². The van der Waals surface area contributed by atoms with Crippen LogP contribution in [0.2, 0.25) is 0 Å². The lowest BCUT2D eigenvalue weighted by Crippen LogP contribution is -2.05. The third-order valence-electron chi connectivity index (χ3n) is 2.40. The van der Waals surface area contributed by atoms with E-state index in [1.54, 1.807) is 19.1 Å². The molecule has 104 valence electrons. The number of rotatable bonds is 4. The average molecular weight is 339 g/mol. The van der Waals surface area contributed by atoms with Crippen molar-refractivity contribution < 1.29 is 9.66 Å². The van der Waals surface area contributed by atoms with E-state index >= 15 is 0 Å². The minimum Gasteiger partial charge on any atom is -0.484 e. The zero-order valence-electron chi connectivity index (χ0n) is 10.5. The quantitative estimate of drug-likeness (QED) is 0.678. The first-order valence-corrected chi connectivity index (χ1v) is 6.42. The Morgan fingerprint density at radius 3 is 2.80 bits per heavy atom. The maximum atomic E-state index is 10.7. The molecule has 0 bridgehead atoms. The lowest BCUT2D eigenvalue weighted by molar-refractivity contribution is -0.385. The normalized spacial score (nSPS) is 10.3. The van der Waals surface area contributed by atoms with E-state index in [1.165, 1.54) is 12.1 Å². The van der Waals surface area contributed by atoms with Crippen LogP contribution in [0.25, 0.3) is 0 Å². The number of halogens is 1. The third kappa shape index (κ3) is 3.41. The third-order valence-corrected chi connectivity index (χ3v) is 3.06. The summed E-state index contributed by atoms with van der Waals surface area (Å²) < 4.78 is 6.11. The molecule has 1 heterocycles. The first-order valence-electron chi connectivity index (χ1n) is 5.62. The summed E-state index contributed by atoms with van der Waals surface area (Å²) in [6, 6.07) is 5.92. The van der Waals surface area contributed by atoms with Gasteiger partial charge in [0.1, 0.15) is 18.2 Å². The Kier molecular flexibility index (Phi) is 4.14. The molecule has 2 aromatic rings. The summed E-state index contributed by atoms with van der Waals surface area (Å²) in [4.78, 5) is 18.4. The smallest absolute Gasteiger partial charge is 0.273 e. The van der Waals surface area contributed by atoms with Crippen LogP contribution in [-0.4, -0.2) is 14.9 Å².